The van der Waals surface area contributed by atoms with Crippen molar-refractivity contribution in [3.8, 4) is 11.1 Å². The van der Waals surface area contributed by atoms with Crippen LogP contribution in [0, 0.1) is 13.8 Å². The fourth-order valence-electron chi connectivity index (χ4n) is 2.82. The van der Waals surface area contributed by atoms with E-state index in [1.54, 1.807) is 56.5 Å². The monoisotopic (exact) mass is 500 g/mol. The Morgan fingerprint density at radius 2 is 1.78 bits per heavy atom. The number of ether oxygens (including phenoxy) is 1. The van der Waals surface area contributed by atoms with Crippen LogP contribution >= 0.6 is 11.3 Å². The van der Waals surface area contributed by atoms with Crippen LogP contribution < -0.4 is 4.31 Å². The van der Waals surface area contributed by atoms with Gasteiger partial charge in [0.2, 0.25) is 0 Å². The van der Waals surface area contributed by atoms with Gasteiger partial charge in [-0.25, -0.2) is 12.7 Å². The maximum atomic E-state index is 13.6. The highest BCUT2D eigenvalue weighted by atomic mass is 32.2. The molecule has 0 radical (unpaired) electrons. The summed E-state index contributed by atoms with van der Waals surface area (Å²) < 4.78 is 66.2. The number of hydrogen-bond acceptors (Lipinski definition) is 9. The molecule has 0 fully saturated rings. The fraction of sp³-hybridized carbons (Fsp3) is 0.350. The molecule has 0 aliphatic heterocycles. The number of hydrogen-bond donors (Lipinski definition) is 0. The summed E-state index contributed by atoms with van der Waals surface area (Å²) in [6, 6.07) is 8.55. The normalized spacial score (nSPS) is 12.2. The molecule has 12 heteroatoms. The lowest BCUT2D eigenvalue weighted by Gasteiger charge is -2.22. The van der Waals surface area contributed by atoms with E-state index >= 15 is 0 Å². The highest BCUT2D eigenvalue weighted by Gasteiger charge is 2.32. The van der Waals surface area contributed by atoms with Crippen molar-refractivity contribution < 1.29 is 30.3 Å². The van der Waals surface area contributed by atoms with Gasteiger partial charge in [-0.3, -0.25) is 4.18 Å². The number of aromatic nitrogens is 1. The van der Waals surface area contributed by atoms with Crippen LogP contribution in [-0.4, -0.2) is 41.6 Å². The first-order valence-corrected chi connectivity index (χ1v) is 13.7. The zero-order valence-corrected chi connectivity index (χ0v) is 20.5. The standard InChI is InChI=1S/C20H24N2O7S3/c1-5-27-13-22(19-14(2)15(3)29-21-19)32(25,26)20-18(10-11-30-20)17-8-6-16(7-9-17)12-28-31(4,23)24/h6-11H,5,12-13H2,1-4H3. The topological polar surface area (TPSA) is 116 Å². The molecule has 0 saturated heterocycles. The van der Waals surface area contributed by atoms with Crippen LogP contribution in [0.15, 0.2) is 44.4 Å². The zero-order chi connectivity index (χ0) is 23.5. The summed E-state index contributed by atoms with van der Waals surface area (Å²) >= 11 is 1.09. The van der Waals surface area contributed by atoms with E-state index in [1.807, 2.05) is 0 Å². The Morgan fingerprint density at radius 3 is 2.34 bits per heavy atom. The third-order valence-corrected chi connectivity index (χ3v) is 8.36. The smallest absolute Gasteiger partial charge is 0.277 e. The number of benzene rings is 1. The molecule has 1 aromatic carbocycles. The molecule has 0 amide bonds. The minimum atomic E-state index is -4.01. The van der Waals surface area contributed by atoms with Gasteiger partial charge in [-0.15, -0.1) is 11.3 Å². The van der Waals surface area contributed by atoms with Crippen molar-refractivity contribution in [2.24, 2.45) is 0 Å². The van der Waals surface area contributed by atoms with Gasteiger partial charge in [-0.05, 0) is 43.3 Å². The molecule has 0 spiro atoms. The van der Waals surface area contributed by atoms with E-state index in [2.05, 4.69) is 5.16 Å². The molecule has 0 unspecified atom stereocenters. The van der Waals surface area contributed by atoms with Crippen LogP contribution in [0.3, 0.4) is 0 Å². The van der Waals surface area contributed by atoms with E-state index in [4.69, 9.17) is 13.4 Å². The first-order chi connectivity index (χ1) is 15.0. The van der Waals surface area contributed by atoms with Crippen LogP contribution in [0.1, 0.15) is 23.8 Å². The van der Waals surface area contributed by atoms with Gasteiger partial charge in [-0.2, -0.15) is 8.42 Å². The summed E-state index contributed by atoms with van der Waals surface area (Å²) in [5.74, 6) is 0.707. The van der Waals surface area contributed by atoms with Gasteiger partial charge < -0.3 is 9.26 Å². The second-order valence-corrected chi connectivity index (χ2v) is 11.6. The Bertz CT molecular complexity index is 1280. The van der Waals surface area contributed by atoms with E-state index in [9.17, 15) is 16.8 Å². The molecule has 0 N–H and O–H groups in total. The lowest BCUT2D eigenvalue weighted by atomic mass is 10.1. The Labute approximate surface area is 191 Å². The molecule has 0 aliphatic rings. The van der Waals surface area contributed by atoms with E-state index in [1.165, 1.54) is 0 Å². The predicted octanol–water partition coefficient (Wildman–Crippen LogP) is 3.69. The summed E-state index contributed by atoms with van der Waals surface area (Å²) in [7, 11) is -7.57. The van der Waals surface area contributed by atoms with Crippen molar-refractivity contribution >= 4 is 37.3 Å². The number of nitrogens with zero attached hydrogens (tertiary/aromatic N) is 2. The minimum absolute atomic E-state index is 0.0964. The predicted molar refractivity (Wildman–Crippen MR) is 122 cm³/mol. The second-order valence-electron chi connectivity index (χ2n) is 6.95. The van der Waals surface area contributed by atoms with Crippen LogP contribution in [0.25, 0.3) is 11.1 Å². The summed E-state index contributed by atoms with van der Waals surface area (Å²) in [6.07, 6.45) is 0.982. The van der Waals surface area contributed by atoms with E-state index in [0.717, 1.165) is 21.9 Å². The fourth-order valence-corrected chi connectivity index (χ4v) is 6.01. The van der Waals surface area contributed by atoms with E-state index in [-0.39, 0.29) is 23.4 Å². The minimum Gasteiger partial charge on any atom is -0.360 e. The van der Waals surface area contributed by atoms with Crippen LogP contribution in [0.5, 0.6) is 0 Å². The van der Waals surface area contributed by atoms with Gasteiger partial charge >= 0.3 is 0 Å². The quantitative estimate of drug-likeness (QED) is 0.306. The highest BCUT2D eigenvalue weighted by Crippen LogP contribution is 2.36. The van der Waals surface area contributed by atoms with Crippen LogP contribution in [-0.2, 0) is 35.7 Å². The lowest BCUT2D eigenvalue weighted by Crippen LogP contribution is -2.34. The first kappa shape index (κ1) is 24.4. The molecule has 0 atom stereocenters. The molecule has 174 valence electrons. The summed E-state index contributed by atoms with van der Waals surface area (Å²) in [5, 5.41) is 5.63. The van der Waals surface area contributed by atoms with E-state index < -0.39 is 20.1 Å². The summed E-state index contributed by atoms with van der Waals surface area (Å²) in [4.78, 5) is 0. The van der Waals surface area contributed by atoms with Gasteiger partial charge in [0.25, 0.3) is 20.1 Å². The molecular formula is C20H24N2O7S3. The molecule has 2 heterocycles. The van der Waals surface area contributed by atoms with Crippen molar-refractivity contribution in [1.82, 2.24) is 5.16 Å². The van der Waals surface area contributed by atoms with Crippen molar-refractivity contribution in [2.75, 3.05) is 23.9 Å². The number of rotatable bonds is 10. The summed E-state index contributed by atoms with van der Waals surface area (Å²) in [5.41, 5.74) is 2.44. The van der Waals surface area contributed by atoms with Gasteiger partial charge in [0.05, 0.1) is 12.9 Å². The molecule has 2 aromatic heterocycles. The van der Waals surface area contributed by atoms with Crippen LogP contribution in [0.4, 0.5) is 5.82 Å². The zero-order valence-electron chi connectivity index (χ0n) is 18.1. The van der Waals surface area contributed by atoms with Crippen molar-refractivity contribution in [3.63, 3.8) is 0 Å². The SMILES string of the molecule is CCOCN(c1noc(C)c1C)S(=O)(=O)c1sccc1-c1ccc(COS(C)(=O)=O)cc1. The average molecular weight is 501 g/mol. The van der Waals surface area contributed by atoms with Gasteiger partial charge in [-0.1, -0.05) is 29.4 Å². The highest BCUT2D eigenvalue weighted by molar-refractivity contribution is 7.94. The lowest BCUT2D eigenvalue weighted by molar-refractivity contribution is 0.156. The van der Waals surface area contributed by atoms with Gasteiger partial charge in [0, 0.05) is 17.7 Å². The Morgan fingerprint density at radius 1 is 1.09 bits per heavy atom. The molecule has 0 aliphatic carbocycles. The second kappa shape index (κ2) is 9.71. The summed E-state index contributed by atoms with van der Waals surface area (Å²) in [6.45, 7) is 5.25. The molecule has 32 heavy (non-hydrogen) atoms. The van der Waals surface area contributed by atoms with Crippen molar-refractivity contribution in [3.05, 3.63) is 52.6 Å². The van der Waals surface area contributed by atoms with Crippen molar-refractivity contribution in [1.29, 1.82) is 0 Å². The Balaban J connectivity index is 1.96. The number of thiophene rings is 1. The number of sulfonamides is 1. The third-order valence-electron chi connectivity index (χ3n) is 4.64. The van der Waals surface area contributed by atoms with Crippen molar-refractivity contribution in [2.45, 2.75) is 31.6 Å². The molecule has 0 saturated carbocycles. The van der Waals surface area contributed by atoms with E-state index in [0.29, 0.717) is 34.6 Å². The third kappa shape index (κ3) is 5.38. The van der Waals surface area contributed by atoms with Gasteiger partial charge in [0.1, 0.15) is 16.7 Å². The molecule has 3 rings (SSSR count). The van der Waals surface area contributed by atoms with Gasteiger partial charge in [0.15, 0.2) is 5.82 Å². The number of aryl methyl sites for hydroxylation is 1. The largest absolute Gasteiger partial charge is 0.360 e. The van der Waals surface area contributed by atoms with Crippen LogP contribution in [0.2, 0.25) is 0 Å². The maximum absolute atomic E-state index is 13.6. The first-order valence-electron chi connectivity index (χ1n) is 9.59. The number of anilines is 1. The maximum Gasteiger partial charge on any atom is 0.277 e. The Kier molecular flexibility index (Phi) is 7.40. The average Bonchev–Trinajstić information content (AvgIpc) is 3.35. The molecular weight excluding hydrogens is 476 g/mol. The molecule has 0 bridgehead atoms. The Hall–Kier alpha value is -2.25. The molecule has 3 aromatic rings. The molecule has 9 nitrogen and oxygen atoms in total.